The summed E-state index contributed by atoms with van der Waals surface area (Å²) in [5, 5.41) is 7.65. The first-order valence-corrected chi connectivity index (χ1v) is 45.0. The molecule has 0 spiro atoms. The van der Waals surface area contributed by atoms with Crippen LogP contribution in [0.15, 0.2) is 473 Å². The van der Waals surface area contributed by atoms with E-state index in [0.717, 1.165) is 44.3 Å². The minimum absolute atomic E-state index is 0.717. The molecule has 0 atom stereocenters. The van der Waals surface area contributed by atoms with Gasteiger partial charge in [0.1, 0.15) is 5.82 Å². The second-order valence-electron chi connectivity index (χ2n) is 32.0. The minimum atomic E-state index is -2.99. The largest absolute Gasteiger partial charge is 0.311 e. The van der Waals surface area contributed by atoms with Crippen LogP contribution in [0.2, 0.25) is 0 Å². The lowest BCUT2D eigenvalue weighted by molar-refractivity contribution is 0.592. The first kappa shape index (κ1) is 83.7. The fourth-order valence-corrected chi connectivity index (χ4v) is 19.5. The average Bonchev–Trinajstić information content (AvgIpc) is 1.67. The summed E-state index contributed by atoms with van der Waals surface area (Å²) >= 11 is 0. The molecule has 0 amide bonds. The predicted molar refractivity (Wildman–Crippen MR) is 540 cm³/mol. The van der Waals surface area contributed by atoms with Crippen LogP contribution in [0.4, 0.5) is 34.1 Å². The van der Waals surface area contributed by atoms with Gasteiger partial charge in [-0.3, -0.25) is 0 Å². The predicted octanol–water partition coefficient (Wildman–Crippen LogP) is 30.8. The highest BCUT2D eigenvalue weighted by molar-refractivity contribution is 7.85. The van der Waals surface area contributed by atoms with E-state index in [4.69, 9.17) is 0 Å². The third-order valence-corrected chi connectivity index (χ3v) is 26.2. The molecule has 18 aromatic carbocycles. The van der Waals surface area contributed by atoms with Crippen LogP contribution < -0.4 is 25.7 Å². The second-order valence-corrected chi connectivity index (χ2v) is 34.8. The van der Waals surface area contributed by atoms with Gasteiger partial charge in [0.2, 0.25) is 0 Å². The van der Waals surface area contributed by atoms with Crippen LogP contribution >= 0.6 is 7.14 Å². The number of aryl methyl sites for hydroxylation is 7. The number of benzene rings is 18. The molecule has 0 saturated carbocycles. The molecule has 8 heteroatoms. The Balaban J connectivity index is 0.000000113. The summed E-state index contributed by atoms with van der Waals surface area (Å²) in [6, 6.07) is 164. The number of nitrogens with zero attached hydrogens (tertiary/aromatic N) is 6. The maximum Gasteiger partial charge on any atom is 0.171 e. The SMILES string of the molecule is Cc1ccc(-c2ccc(-n3c4ccccc4c4ccccc43)cc2)cc1.Cc1ccc(-c2ccc(-n3c4ccccc4c4ccccc43)cc2C)c(C)c1.Cc1ccc(N(c2ccccc2)c2ccccc2)cc1.Cc1cccc(N(c2ccccc2)c2ccccc2)c1.Cc1nc(-c2ccccc2)cc(-c2ccc(P(=O)(c3ccccc3)c3ccccc3)cc2)n1. The molecule has 3 aromatic heterocycles. The van der Waals surface area contributed by atoms with Gasteiger partial charge in [-0.2, -0.15) is 0 Å². The number of anilines is 6. The first-order chi connectivity index (χ1) is 62.3. The number of aromatic nitrogens is 4. The lowest BCUT2D eigenvalue weighted by Gasteiger charge is -2.25. The van der Waals surface area contributed by atoms with Gasteiger partial charge in [-0.05, 0) is 215 Å². The minimum Gasteiger partial charge on any atom is -0.311 e. The highest BCUT2D eigenvalue weighted by atomic mass is 31.2. The van der Waals surface area contributed by atoms with E-state index in [9.17, 15) is 4.57 Å². The van der Waals surface area contributed by atoms with Crippen molar-refractivity contribution in [3.63, 3.8) is 0 Å². The van der Waals surface area contributed by atoms with E-state index in [0.29, 0.717) is 0 Å². The molecule has 21 aromatic rings. The van der Waals surface area contributed by atoms with Crippen molar-refractivity contribution in [1.82, 2.24) is 19.1 Å². The number of fused-ring (bicyclic) bond motifs is 6. The third-order valence-electron chi connectivity index (χ3n) is 23.1. The van der Waals surface area contributed by atoms with Gasteiger partial charge in [-0.1, -0.05) is 362 Å². The normalized spacial score (nSPS) is 11.0. The molecule has 0 bridgehead atoms. The number of hydrogen-bond acceptors (Lipinski definition) is 5. The Morgan fingerprint density at radius 3 is 0.937 bits per heavy atom. The third kappa shape index (κ3) is 18.9. The maximum atomic E-state index is 14.5. The van der Waals surface area contributed by atoms with Crippen LogP contribution in [-0.2, 0) is 4.57 Å². The van der Waals surface area contributed by atoms with Crippen LogP contribution in [-0.4, -0.2) is 19.1 Å². The van der Waals surface area contributed by atoms with Crippen molar-refractivity contribution >= 4 is 101 Å². The molecular weight excluding hydrogens is 1560 g/mol. The van der Waals surface area contributed by atoms with E-state index in [2.05, 4.69) is 398 Å². The molecule has 0 aliphatic rings. The van der Waals surface area contributed by atoms with Crippen LogP contribution in [0, 0.1) is 48.5 Å². The molecule has 0 fully saturated rings. The average molecular weight is 1660 g/mol. The van der Waals surface area contributed by atoms with Crippen molar-refractivity contribution < 1.29 is 4.57 Å². The van der Waals surface area contributed by atoms with Gasteiger partial charge in [-0.15, -0.1) is 0 Å². The number of hydrogen-bond donors (Lipinski definition) is 0. The fraction of sp³-hybridized carbons (Fsp3) is 0.0588. The topological polar surface area (TPSA) is 59.2 Å². The van der Waals surface area contributed by atoms with Crippen LogP contribution in [0.3, 0.4) is 0 Å². The standard InChI is InChI=1S/C29H23N2OP.C27H23N.C25H19N.2C19H17N/c1-22-30-28(23-11-5-2-6-12-23)21-29(31-22)24-17-19-27(20-18-24)33(32,25-13-7-3-8-14-25)26-15-9-4-10-16-26;1-18-12-14-22(19(2)16-18)23-15-13-21(17-20(23)3)28-26-10-6-4-8-24(26)25-9-5-7-11-27(25)28;1-18-10-12-19(13-11-18)20-14-16-21(17-15-20)26-24-8-4-2-6-22(24)23-7-3-5-9-25(23)26;1-16-9-8-14-19(15-16)20(17-10-4-2-5-11-17)18-12-6-3-7-13-18;1-16-12-14-19(15-13-16)20(17-8-4-2-5-9-17)18-10-6-3-7-11-18/h2-21H,1H3;4-17H,1-3H3;2-17H,1H3;2*2-15H,1H3. The van der Waals surface area contributed by atoms with Gasteiger partial charge in [0.05, 0.1) is 33.5 Å². The fourth-order valence-electron chi connectivity index (χ4n) is 16.9. The van der Waals surface area contributed by atoms with Crippen molar-refractivity contribution in [3.05, 3.63) is 512 Å². The van der Waals surface area contributed by atoms with E-state index in [-0.39, 0.29) is 0 Å². The lowest BCUT2D eigenvalue weighted by Crippen LogP contribution is -2.24. The Hall–Kier alpha value is -15.5. The molecule has 0 radical (unpaired) electrons. The number of rotatable bonds is 15. The van der Waals surface area contributed by atoms with Gasteiger partial charge in [-0.25, -0.2) is 9.97 Å². The zero-order valence-electron chi connectivity index (χ0n) is 72.6. The quantitative estimate of drug-likeness (QED) is 0.0958. The maximum absolute atomic E-state index is 14.5. The van der Waals surface area contributed by atoms with E-state index < -0.39 is 7.14 Å². The molecule has 0 unspecified atom stereocenters. The Morgan fingerprint density at radius 2 is 0.520 bits per heavy atom. The van der Waals surface area contributed by atoms with E-state index >= 15 is 0 Å². The zero-order chi connectivity index (χ0) is 87.0. The van der Waals surface area contributed by atoms with E-state index in [1.54, 1.807) is 0 Å². The molecule has 7 nitrogen and oxygen atoms in total. The number of para-hydroxylation sites is 8. The lowest BCUT2D eigenvalue weighted by atomic mass is 9.95. The summed E-state index contributed by atoms with van der Waals surface area (Å²) in [5.74, 6) is 0.717. The summed E-state index contributed by atoms with van der Waals surface area (Å²) in [6.07, 6.45) is 0. The highest BCUT2D eigenvalue weighted by Gasteiger charge is 2.30. The van der Waals surface area contributed by atoms with Gasteiger partial charge >= 0.3 is 0 Å². The summed E-state index contributed by atoms with van der Waals surface area (Å²) < 4.78 is 19.3. The Labute approximate surface area is 746 Å². The van der Waals surface area contributed by atoms with Crippen molar-refractivity contribution in [2.24, 2.45) is 0 Å². The van der Waals surface area contributed by atoms with Gasteiger partial charge in [0.25, 0.3) is 0 Å². The Kier molecular flexibility index (Phi) is 25.6. The molecule has 0 N–H and O–H groups in total. The molecule has 0 aliphatic carbocycles. The van der Waals surface area contributed by atoms with Crippen LogP contribution in [0.5, 0.6) is 0 Å². The monoisotopic (exact) mass is 1660 g/mol. The van der Waals surface area contributed by atoms with Gasteiger partial charge < -0.3 is 23.5 Å². The first-order valence-electron chi connectivity index (χ1n) is 43.3. The summed E-state index contributed by atoms with van der Waals surface area (Å²) in [6.45, 7) is 14.8. The molecule has 0 saturated heterocycles. The zero-order valence-corrected chi connectivity index (χ0v) is 73.5. The molecule has 3 heterocycles. The highest BCUT2D eigenvalue weighted by Crippen LogP contribution is 2.44. The smallest absolute Gasteiger partial charge is 0.171 e. The van der Waals surface area contributed by atoms with E-state index in [1.165, 1.54) is 145 Å². The van der Waals surface area contributed by atoms with Crippen molar-refractivity contribution in [3.8, 4) is 56.1 Å². The molecule has 127 heavy (non-hydrogen) atoms. The van der Waals surface area contributed by atoms with Crippen molar-refractivity contribution in [1.29, 1.82) is 0 Å². The van der Waals surface area contributed by atoms with E-state index in [1.807, 2.05) is 153 Å². The Morgan fingerprint density at radius 1 is 0.220 bits per heavy atom. The summed E-state index contributed by atoms with van der Waals surface area (Å²) in [5.41, 5.74) is 31.1. The van der Waals surface area contributed by atoms with Crippen molar-refractivity contribution in [2.75, 3.05) is 9.80 Å². The summed E-state index contributed by atoms with van der Waals surface area (Å²) in [4.78, 5) is 13.8. The molecule has 616 valence electrons. The van der Waals surface area contributed by atoms with Gasteiger partial charge in [0, 0.05) is 94.1 Å². The van der Waals surface area contributed by atoms with Gasteiger partial charge in [0.15, 0.2) is 7.14 Å². The molecule has 21 rings (SSSR count). The van der Waals surface area contributed by atoms with Crippen LogP contribution in [0.1, 0.15) is 39.2 Å². The summed E-state index contributed by atoms with van der Waals surface area (Å²) in [7, 11) is -2.99. The molecular formula is C119H99N6OP. The molecule has 0 aliphatic heterocycles. The Bertz CT molecular complexity index is 7080. The van der Waals surface area contributed by atoms with Crippen LogP contribution in [0.25, 0.3) is 99.8 Å². The van der Waals surface area contributed by atoms with Crippen molar-refractivity contribution in [2.45, 2.75) is 48.5 Å². The second kappa shape index (κ2) is 38.9.